The maximum Gasteiger partial charge on any atom is 0.264 e. The molecule has 6 nitrogen and oxygen atoms in total. The van der Waals surface area contributed by atoms with Crippen molar-refractivity contribution in [2.24, 2.45) is 0 Å². The number of hydrogen-bond donors (Lipinski definition) is 1. The SMILES string of the molecule is Cc1ccc(Cl)cc1NC(=O)COc1ccc(S(=O)(=O)N2CCCc3ccccc32)cc1C. The monoisotopic (exact) mass is 484 g/mol. The Morgan fingerprint density at radius 3 is 2.64 bits per heavy atom. The quantitative estimate of drug-likeness (QED) is 0.527. The van der Waals surface area contributed by atoms with Crippen molar-refractivity contribution >= 4 is 38.9 Å². The minimum Gasteiger partial charge on any atom is -0.483 e. The molecule has 8 heteroatoms. The fourth-order valence-corrected chi connectivity index (χ4v) is 5.68. The number of carbonyl (C=O) groups excluding carboxylic acids is 1. The van der Waals surface area contributed by atoms with Gasteiger partial charge < -0.3 is 10.1 Å². The average molecular weight is 485 g/mol. The molecule has 0 saturated heterocycles. The number of nitrogens with one attached hydrogen (secondary N) is 1. The molecule has 4 rings (SSSR count). The second-order valence-electron chi connectivity index (χ2n) is 8.03. The molecule has 1 aliphatic rings. The number of sulfonamides is 1. The normalized spacial score (nSPS) is 13.4. The summed E-state index contributed by atoms with van der Waals surface area (Å²) < 4.78 is 33.8. The topological polar surface area (TPSA) is 75.7 Å². The number of carbonyl (C=O) groups is 1. The number of para-hydroxylation sites is 1. The molecule has 1 N–H and O–H groups in total. The highest BCUT2D eigenvalue weighted by molar-refractivity contribution is 7.92. The summed E-state index contributed by atoms with van der Waals surface area (Å²) >= 11 is 5.99. The van der Waals surface area contributed by atoms with E-state index in [0.717, 1.165) is 29.7 Å². The first kappa shape index (κ1) is 23.1. The Morgan fingerprint density at radius 2 is 1.85 bits per heavy atom. The molecule has 0 unspecified atom stereocenters. The number of aryl methyl sites for hydroxylation is 3. The summed E-state index contributed by atoms with van der Waals surface area (Å²) in [5, 5.41) is 3.31. The van der Waals surface area contributed by atoms with Crippen LogP contribution in [0, 0.1) is 13.8 Å². The van der Waals surface area contributed by atoms with E-state index in [4.69, 9.17) is 16.3 Å². The third-order valence-corrected chi connectivity index (χ3v) is 7.68. The number of hydrogen-bond acceptors (Lipinski definition) is 4. The number of halogens is 1. The predicted molar refractivity (Wildman–Crippen MR) is 131 cm³/mol. The second-order valence-corrected chi connectivity index (χ2v) is 10.3. The van der Waals surface area contributed by atoms with Crippen LogP contribution in [0.5, 0.6) is 5.75 Å². The Hall–Kier alpha value is -3.03. The molecule has 0 aliphatic carbocycles. The lowest BCUT2D eigenvalue weighted by atomic mass is 10.0. The minimum atomic E-state index is -3.71. The average Bonchev–Trinajstić information content (AvgIpc) is 2.80. The van der Waals surface area contributed by atoms with E-state index >= 15 is 0 Å². The molecule has 3 aromatic carbocycles. The van der Waals surface area contributed by atoms with E-state index in [0.29, 0.717) is 28.6 Å². The van der Waals surface area contributed by atoms with Gasteiger partial charge in [-0.25, -0.2) is 8.42 Å². The van der Waals surface area contributed by atoms with E-state index in [2.05, 4.69) is 5.32 Å². The van der Waals surface area contributed by atoms with Gasteiger partial charge in [0.25, 0.3) is 15.9 Å². The van der Waals surface area contributed by atoms with Gasteiger partial charge in [0.1, 0.15) is 5.75 Å². The maximum atomic E-state index is 13.4. The smallest absolute Gasteiger partial charge is 0.264 e. The highest BCUT2D eigenvalue weighted by atomic mass is 35.5. The second kappa shape index (κ2) is 9.45. The zero-order valence-corrected chi connectivity index (χ0v) is 20.0. The zero-order chi connectivity index (χ0) is 23.6. The van der Waals surface area contributed by atoms with Gasteiger partial charge in [0, 0.05) is 17.3 Å². The van der Waals surface area contributed by atoms with Gasteiger partial charge in [-0.3, -0.25) is 9.10 Å². The zero-order valence-electron chi connectivity index (χ0n) is 18.5. The van der Waals surface area contributed by atoms with Crippen molar-refractivity contribution < 1.29 is 17.9 Å². The van der Waals surface area contributed by atoms with Crippen LogP contribution in [0.1, 0.15) is 23.1 Å². The highest BCUT2D eigenvalue weighted by Gasteiger charge is 2.29. The summed E-state index contributed by atoms with van der Waals surface area (Å²) in [6.07, 6.45) is 1.64. The van der Waals surface area contributed by atoms with Crippen LogP contribution in [0.25, 0.3) is 0 Å². The Kier molecular flexibility index (Phi) is 6.63. The van der Waals surface area contributed by atoms with Gasteiger partial charge in [-0.15, -0.1) is 0 Å². The van der Waals surface area contributed by atoms with Crippen LogP contribution in [0.15, 0.2) is 65.6 Å². The van der Waals surface area contributed by atoms with Gasteiger partial charge >= 0.3 is 0 Å². The number of fused-ring (bicyclic) bond motifs is 1. The molecule has 0 saturated carbocycles. The van der Waals surface area contributed by atoms with E-state index in [1.807, 2.05) is 37.3 Å². The lowest BCUT2D eigenvalue weighted by Gasteiger charge is -2.30. The fourth-order valence-electron chi connectivity index (χ4n) is 3.88. The first-order valence-electron chi connectivity index (χ1n) is 10.7. The van der Waals surface area contributed by atoms with Crippen molar-refractivity contribution in [1.29, 1.82) is 0 Å². The van der Waals surface area contributed by atoms with E-state index in [-0.39, 0.29) is 17.4 Å². The van der Waals surface area contributed by atoms with Crippen LogP contribution >= 0.6 is 11.6 Å². The van der Waals surface area contributed by atoms with Crippen LogP contribution in [-0.4, -0.2) is 27.5 Å². The highest BCUT2D eigenvalue weighted by Crippen LogP contribution is 2.33. The molecule has 0 fully saturated rings. The molecular formula is C25H25ClN2O4S. The van der Waals surface area contributed by atoms with Crippen molar-refractivity contribution in [3.05, 3.63) is 82.4 Å². The van der Waals surface area contributed by atoms with Crippen molar-refractivity contribution in [3.63, 3.8) is 0 Å². The largest absolute Gasteiger partial charge is 0.483 e. The number of amides is 1. The molecular weight excluding hydrogens is 460 g/mol. The summed E-state index contributed by atoms with van der Waals surface area (Å²) in [7, 11) is -3.71. The summed E-state index contributed by atoms with van der Waals surface area (Å²) in [5.41, 5.74) is 3.90. The number of rotatable bonds is 6. The van der Waals surface area contributed by atoms with Gasteiger partial charge in [0.2, 0.25) is 0 Å². The van der Waals surface area contributed by atoms with E-state index < -0.39 is 10.0 Å². The van der Waals surface area contributed by atoms with Crippen LogP contribution < -0.4 is 14.4 Å². The Morgan fingerprint density at radius 1 is 1.06 bits per heavy atom. The van der Waals surface area contributed by atoms with Gasteiger partial charge in [0.15, 0.2) is 6.61 Å². The van der Waals surface area contributed by atoms with Gasteiger partial charge in [-0.05, 0) is 79.8 Å². The van der Waals surface area contributed by atoms with Crippen LogP contribution in [0.3, 0.4) is 0 Å². The number of anilines is 2. The Bertz CT molecular complexity index is 1310. The molecule has 172 valence electrons. The predicted octanol–water partition coefficient (Wildman–Crippen LogP) is 5.12. The molecule has 0 bridgehead atoms. The summed E-state index contributed by atoms with van der Waals surface area (Å²) in [5.74, 6) is 0.118. The first-order valence-corrected chi connectivity index (χ1v) is 12.5. The summed E-state index contributed by atoms with van der Waals surface area (Å²) in [4.78, 5) is 12.5. The maximum absolute atomic E-state index is 13.4. The van der Waals surface area contributed by atoms with E-state index in [1.165, 1.54) is 10.4 Å². The Balaban J connectivity index is 1.47. The number of nitrogens with zero attached hydrogens (tertiary/aromatic N) is 1. The summed E-state index contributed by atoms with van der Waals surface area (Å²) in [6, 6.07) is 17.5. The lowest BCUT2D eigenvalue weighted by molar-refractivity contribution is -0.118. The van der Waals surface area contributed by atoms with Crippen molar-refractivity contribution in [3.8, 4) is 5.75 Å². The molecule has 3 aromatic rings. The number of benzene rings is 3. The fraction of sp³-hybridized carbons (Fsp3) is 0.240. The van der Waals surface area contributed by atoms with Crippen molar-refractivity contribution in [2.45, 2.75) is 31.6 Å². The first-order chi connectivity index (χ1) is 15.8. The third kappa shape index (κ3) is 4.99. The van der Waals surface area contributed by atoms with Crippen molar-refractivity contribution in [2.75, 3.05) is 22.8 Å². The van der Waals surface area contributed by atoms with Crippen LogP contribution in [0.4, 0.5) is 11.4 Å². The molecule has 0 atom stereocenters. The van der Waals surface area contributed by atoms with E-state index in [9.17, 15) is 13.2 Å². The van der Waals surface area contributed by atoms with Crippen LogP contribution in [-0.2, 0) is 21.2 Å². The Labute approximate surface area is 199 Å². The summed E-state index contributed by atoms with van der Waals surface area (Å²) in [6.45, 7) is 3.87. The molecule has 1 amide bonds. The number of ether oxygens (including phenoxy) is 1. The molecule has 0 spiro atoms. The lowest BCUT2D eigenvalue weighted by Crippen LogP contribution is -2.35. The van der Waals surface area contributed by atoms with Gasteiger partial charge in [-0.2, -0.15) is 0 Å². The van der Waals surface area contributed by atoms with Crippen LogP contribution in [0.2, 0.25) is 5.02 Å². The molecule has 0 aromatic heterocycles. The molecule has 0 radical (unpaired) electrons. The molecule has 1 heterocycles. The van der Waals surface area contributed by atoms with E-state index in [1.54, 1.807) is 31.2 Å². The minimum absolute atomic E-state index is 0.197. The van der Waals surface area contributed by atoms with Crippen molar-refractivity contribution in [1.82, 2.24) is 0 Å². The van der Waals surface area contributed by atoms with Gasteiger partial charge in [-0.1, -0.05) is 35.9 Å². The van der Waals surface area contributed by atoms with Gasteiger partial charge in [0.05, 0.1) is 10.6 Å². The standard InChI is InChI=1S/C25H25ClN2O4S/c1-17-9-10-20(26)15-22(17)27-25(29)16-32-24-12-11-21(14-18(24)2)33(30,31)28-13-5-7-19-6-3-4-8-23(19)28/h3-4,6,8-12,14-15H,5,7,13,16H2,1-2H3,(H,27,29). The molecule has 33 heavy (non-hydrogen) atoms. The molecule has 1 aliphatic heterocycles. The third-order valence-electron chi connectivity index (χ3n) is 5.63.